The van der Waals surface area contributed by atoms with Crippen LogP contribution < -0.4 is 5.32 Å². The lowest BCUT2D eigenvalue weighted by atomic mass is 9.94. The Kier molecular flexibility index (Phi) is 4.22. The molecule has 1 aromatic carbocycles. The number of aromatic nitrogens is 2. The molecule has 0 unspecified atom stereocenters. The smallest absolute Gasteiger partial charge is 0.287 e. The van der Waals surface area contributed by atoms with Crippen molar-refractivity contribution in [3.05, 3.63) is 53.9 Å². The quantitative estimate of drug-likeness (QED) is 0.944. The Labute approximate surface area is 129 Å². The first kappa shape index (κ1) is 14.8. The maximum absolute atomic E-state index is 13.0. The fourth-order valence-electron chi connectivity index (χ4n) is 3.21. The molecule has 1 aliphatic rings. The highest BCUT2D eigenvalue weighted by molar-refractivity contribution is 5.91. The highest BCUT2D eigenvalue weighted by atomic mass is 19.1. The minimum atomic E-state index is -0.213. The molecule has 2 atom stereocenters. The zero-order valence-corrected chi connectivity index (χ0v) is 12.6. The number of imidazole rings is 1. The van der Waals surface area contributed by atoms with Gasteiger partial charge >= 0.3 is 0 Å². The summed E-state index contributed by atoms with van der Waals surface area (Å²) in [7, 11) is 1.81. The fourth-order valence-corrected chi connectivity index (χ4v) is 3.21. The molecule has 2 aromatic rings. The number of carbonyl (C=O) groups excluding carboxylic acids is 1. The van der Waals surface area contributed by atoms with Gasteiger partial charge in [-0.25, -0.2) is 9.37 Å². The number of carbonyl (C=O) groups is 1. The molecule has 1 aromatic heterocycles. The lowest BCUT2D eigenvalue weighted by Crippen LogP contribution is -2.39. The largest absolute Gasteiger partial charge is 0.346 e. The van der Waals surface area contributed by atoms with Gasteiger partial charge in [-0.15, -0.1) is 0 Å². The standard InChI is InChI=1S/C17H20FN3O/c1-21-10-9-19-16(21)17(22)20-15-4-2-3-13(15)11-12-5-7-14(18)8-6-12/h5-10,13,15H,2-4,11H2,1H3,(H,20,22)/t13-,15-/m0/s1. The molecule has 0 bridgehead atoms. The van der Waals surface area contributed by atoms with Crippen molar-refractivity contribution in [3.8, 4) is 0 Å². The molecule has 5 heteroatoms. The number of amides is 1. The van der Waals surface area contributed by atoms with Crippen LogP contribution in [0.5, 0.6) is 0 Å². The van der Waals surface area contributed by atoms with Crippen molar-refractivity contribution in [2.75, 3.05) is 0 Å². The van der Waals surface area contributed by atoms with Gasteiger partial charge in [0.2, 0.25) is 0 Å². The van der Waals surface area contributed by atoms with E-state index >= 15 is 0 Å². The third-order valence-corrected chi connectivity index (χ3v) is 4.41. The summed E-state index contributed by atoms with van der Waals surface area (Å²) >= 11 is 0. The van der Waals surface area contributed by atoms with Gasteiger partial charge < -0.3 is 9.88 Å². The molecule has 0 saturated heterocycles. The molecule has 1 fully saturated rings. The molecular weight excluding hydrogens is 281 g/mol. The normalized spacial score (nSPS) is 21.0. The van der Waals surface area contributed by atoms with E-state index in [1.807, 2.05) is 19.2 Å². The van der Waals surface area contributed by atoms with Gasteiger partial charge in [-0.3, -0.25) is 4.79 Å². The van der Waals surface area contributed by atoms with Crippen molar-refractivity contribution in [2.45, 2.75) is 31.7 Å². The maximum atomic E-state index is 13.0. The number of hydrogen-bond acceptors (Lipinski definition) is 2. The lowest BCUT2D eigenvalue weighted by Gasteiger charge is -2.21. The van der Waals surface area contributed by atoms with Crippen LogP contribution in [-0.2, 0) is 13.5 Å². The van der Waals surface area contributed by atoms with E-state index in [1.54, 1.807) is 17.0 Å². The molecular formula is C17H20FN3O. The van der Waals surface area contributed by atoms with Crippen LogP contribution in [0.15, 0.2) is 36.7 Å². The van der Waals surface area contributed by atoms with E-state index in [9.17, 15) is 9.18 Å². The maximum Gasteiger partial charge on any atom is 0.287 e. The van der Waals surface area contributed by atoms with E-state index < -0.39 is 0 Å². The average Bonchev–Trinajstić information content (AvgIpc) is 3.11. The third kappa shape index (κ3) is 3.18. The number of hydrogen-bond donors (Lipinski definition) is 1. The summed E-state index contributed by atoms with van der Waals surface area (Å²) in [6, 6.07) is 6.79. The summed E-state index contributed by atoms with van der Waals surface area (Å²) in [5, 5.41) is 3.11. The highest BCUT2D eigenvalue weighted by Crippen LogP contribution is 2.29. The molecule has 1 heterocycles. The molecule has 0 aliphatic heterocycles. The van der Waals surface area contributed by atoms with E-state index in [0.29, 0.717) is 11.7 Å². The predicted octanol–water partition coefficient (Wildman–Crippen LogP) is 2.70. The van der Waals surface area contributed by atoms with Crippen molar-refractivity contribution >= 4 is 5.91 Å². The van der Waals surface area contributed by atoms with E-state index in [1.165, 1.54) is 12.1 Å². The molecule has 1 amide bonds. The van der Waals surface area contributed by atoms with Gasteiger partial charge in [0.1, 0.15) is 5.82 Å². The summed E-state index contributed by atoms with van der Waals surface area (Å²) < 4.78 is 14.7. The SMILES string of the molecule is Cn1ccnc1C(=O)N[C@H]1CCC[C@H]1Cc1ccc(F)cc1. The molecule has 0 radical (unpaired) electrons. The minimum absolute atomic E-state index is 0.122. The van der Waals surface area contributed by atoms with Gasteiger partial charge in [0.15, 0.2) is 5.82 Å². The van der Waals surface area contributed by atoms with Gasteiger partial charge in [0.05, 0.1) is 0 Å². The number of benzene rings is 1. The van der Waals surface area contributed by atoms with Crippen molar-refractivity contribution in [2.24, 2.45) is 13.0 Å². The molecule has 3 rings (SSSR count). The van der Waals surface area contributed by atoms with Gasteiger partial charge in [-0.2, -0.15) is 0 Å². The van der Waals surface area contributed by atoms with E-state index in [-0.39, 0.29) is 17.8 Å². The summed E-state index contributed by atoms with van der Waals surface area (Å²) in [4.78, 5) is 16.4. The zero-order valence-electron chi connectivity index (χ0n) is 12.6. The number of nitrogens with one attached hydrogen (secondary N) is 1. The molecule has 1 N–H and O–H groups in total. The Hall–Kier alpha value is -2.17. The number of halogens is 1. The molecule has 0 spiro atoms. The van der Waals surface area contributed by atoms with Crippen molar-refractivity contribution in [1.82, 2.24) is 14.9 Å². The number of nitrogens with zero attached hydrogens (tertiary/aromatic N) is 2. The average molecular weight is 301 g/mol. The van der Waals surface area contributed by atoms with Crippen molar-refractivity contribution in [1.29, 1.82) is 0 Å². The first-order valence-corrected chi connectivity index (χ1v) is 7.66. The monoisotopic (exact) mass is 301 g/mol. The number of aryl methyl sites for hydroxylation is 1. The van der Waals surface area contributed by atoms with Gasteiger partial charge in [-0.05, 0) is 42.9 Å². The van der Waals surface area contributed by atoms with Gasteiger partial charge in [0.25, 0.3) is 5.91 Å². The highest BCUT2D eigenvalue weighted by Gasteiger charge is 2.29. The molecule has 22 heavy (non-hydrogen) atoms. The molecule has 1 aliphatic carbocycles. The van der Waals surface area contributed by atoms with Crippen LogP contribution in [0.3, 0.4) is 0 Å². The Morgan fingerprint density at radius 1 is 1.36 bits per heavy atom. The fraction of sp³-hybridized carbons (Fsp3) is 0.412. The minimum Gasteiger partial charge on any atom is -0.346 e. The van der Waals surface area contributed by atoms with Crippen LogP contribution in [0.25, 0.3) is 0 Å². The molecule has 1 saturated carbocycles. The summed E-state index contributed by atoms with van der Waals surface area (Å²) in [5.41, 5.74) is 1.12. The van der Waals surface area contributed by atoms with Crippen LogP contribution >= 0.6 is 0 Å². The van der Waals surface area contributed by atoms with Crippen molar-refractivity contribution in [3.63, 3.8) is 0 Å². The van der Waals surface area contributed by atoms with E-state index in [0.717, 1.165) is 31.2 Å². The Balaban J connectivity index is 1.64. The third-order valence-electron chi connectivity index (χ3n) is 4.41. The Morgan fingerprint density at radius 3 is 2.82 bits per heavy atom. The Morgan fingerprint density at radius 2 is 2.14 bits per heavy atom. The predicted molar refractivity (Wildman–Crippen MR) is 81.9 cm³/mol. The van der Waals surface area contributed by atoms with Crippen LogP contribution in [0.1, 0.15) is 35.4 Å². The first-order valence-electron chi connectivity index (χ1n) is 7.66. The first-order chi connectivity index (χ1) is 10.6. The van der Waals surface area contributed by atoms with Crippen LogP contribution in [-0.4, -0.2) is 21.5 Å². The molecule has 4 nitrogen and oxygen atoms in total. The summed E-state index contributed by atoms with van der Waals surface area (Å²) in [6.45, 7) is 0. The second kappa shape index (κ2) is 6.30. The van der Waals surface area contributed by atoms with Gasteiger partial charge in [0, 0.05) is 25.5 Å². The lowest BCUT2D eigenvalue weighted by molar-refractivity contribution is 0.0914. The summed E-state index contributed by atoms with van der Waals surface area (Å²) in [5.74, 6) is 0.500. The van der Waals surface area contributed by atoms with Gasteiger partial charge in [-0.1, -0.05) is 18.6 Å². The zero-order chi connectivity index (χ0) is 15.5. The Bertz CT molecular complexity index is 650. The van der Waals surface area contributed by atoms with E-state index in [4.69, 9.17) is 0 Å². The second-order valence-corrected chi connectivity index (χ2v) is 5.96. The van der Waals surface area contributed by atoms with Crippen LogP contribution in [0, 0.1) is 11.7 Å². The second-order valence-electron chi connectivity index (χ2n) is 5.96. The van der Waals surface area contributed by atoms with E-state index in [2.05, 4.69) is 10.3 Å². The van der Waals surface area contributed by atoms with Crippen molar-refractivity contribution < 1.29 is 9.18 Å². The number of rotatable bonds is 4. The summed E-state index contributed by atoms with van der Waals surface area (Å²) in [6.07, 6.45) is 7.44. The van der Waals surface area contributed by atoms with Crippen LogP contribution in [0.4, 0.5) is 4.39 Å². The topological polar surface area (TPSA) is 46.9 Å². The van der Waals surface area contributed by atoms with Crippen LogP contribution in [0.2, 0.25) is 0 Å². The molecule has 116 valence electrons.